The molecule has 1 heterocycles. The van der Waals surface area contributed by atoms with Crippen LogP contribution in [0.5, 0.6) is 5.75 Å². The second kappa shape index (κ2) is 10.5. The van der Waals surface area contributed by atoms with Gasteiger partial charge < -0.3 is 14.8 Å². The molecule has 2 aromatic rings. The summed E-state index contributed by atoms with van der Waals surface area (Å²) in [6.07, 6.45) is 1.36. The van der Waals surface area contributed by atoms with Crippen LogP contribution in [0.4, 0.5) is 8.78 Å². The molecule has 1 N–H and O–H groups in total. The number of nitrogens with one attached hydrogen (secondary N) is 1. The minimum absolute atomic E-state index is 0.0854. The van der Waals surface area contributed by atoms with Crippen molar-refractivity contribution in [3.05, 3.63) is 52.2 Å². The largest absolute Gasteiger partial charge is 0.456 e. The van der Waals surface area contributed by atoms with Crippen molar-refractivity contribution < 1.29 is 27.8 Å². The highest BCUT2D eigenvalue weighted by Crippen LogP contribution is 2.15. The predicted molar refractivity (Wildman–Crippen MR) is 93.4 cm³/mol. The zero-order chi connectivity index (χ0) is 18.8. The highest BCUT2D eigenvalue weighted by Gasteiger charge is 2.08. The van der Waals surface area contributed by atoms with E-state index in [1.807, 2.05) is 17.5 Å². The number of thiophene rings is 1. The van der Waals surface area contributed by atoms with E-state index in [0.29, 0.717) is 19.4 Å². The van der Waals surface area contributed by atoms with E-state index in [1.165, 1.54) is 12.1 Å². The Balaban J connectivity index is 1.58. The van der Waals surface area contributed by atoms with Gasteiger partial charge in [-0.3, -0.25) is 9.59 Å². The van der Waals surface area contributed by atoms with Crippen molar-refractivity contribution in [1.29, 1.82) is 0 Å². The summed E-state index contributed by atoms with van der Waals surface area (Å²) >= 11 is 1.57. The Kier molecular flexibility index (Phi) is 8.01. The predicted octanol–water partition coefficient (Wildman–Crippen LogP) is 3.18. The molecule has 1 aromatic heterocycles. The number of aryl methyl sites for hydroxylation is 1. The molecule has 5 nitrogen and oxygen atoms in total. The molecule has 140 valence electrons. The smallest absolute Gasteiger partial charge is 0.387 e. The van der Waals surface area contributed by atoms with Crippen LogP contribution < -0.4 is 10.1 Å². The van der Waals surface area contributed by atoms with Gasteiger partial charge in [-0.25, -0.2) is 0 Å². The molecular formula is C18H19F2NO4S. The lowest BCUT2D eigenvalue weighted by Crippen LogP contribution is -2.30. The lowest BCUT2D eigenvalue weighted by molar-refractivity contribution is -0.148. The van der Waals surface area contributed by atoms with Gasteiger partial charge in [0.05, 0.1) is 6.42 Å². The van der Waals surface area contributed by atoms with Crippen LogP contribution >= 0.6 is 11.3 Å². The van der Waals surface area contributed by atoms with Gasteiger partial charge >= 0.3 is 12.6 Å². The second-order valence-electron chi connectivity index (χ2n) is 5.36. The maximum absolute atomic E-state index is 12.1. The number of carbonyl (C=O) groups excluding carboxylic acids is 2. The summed E-state index contributed by atoms with van der Waals surface area (Å²) in [5, 5.41) is 4.58. The third kappa shape index (κ3) is 7.60. The van der Waals surface area contributed by atoms with Gasteiger partial charge in [-0.1, -0.05) is 18.2 Å². The Bertz CT molecular complexity index is 690. The number of carbonyl (C=O) groups is 2. The number of rotatable bonds is 10. The molecule has 0 fully saturated rings. The average Bonchev–Trinajstić information content (AvgIpc) is 3.13. The molecule has 8 heteroatoms. The molecule has 0 atom stereocenters. The number of hydrogen-bond acceptors (Lipinski definition) is 5. The van der Waals surface area contributed by atoms with Gasteiger partial charge in [-0.2, -0.15) is 8.78 Å². The molecule has 26 heavy (non-hydrogen) atoms. The number of hydrogen-bond donors (Lipinski definition) is 1. The van der Waals surface area contributed by atoms with Gasteiger partial charge in [0.25, 0.3) is 5.91 Å². The van der Waals surface area contributed by atoms with E-state index in [2.05, 4.69) is 10.1 Å². The van der Waals surface area contributed by atoms with Crippen molar-refractivity contribution in [3.63, 3.8) is 0 Å². The van der Waals surface area contributed by atoms with E-state index in [-0.39, 0.29) is 24.7 Å². The molecule has 2 rings (SSSR count). The summed E-state index contributed by atoms with van der Waals surface area (Å²) in [5.41, 5.74) is 0.861. The first-order valence-electron chi connectivity index (χ1n) is 8.01. The highest BCUT2D eigenvalue weighted by molar-refractivity contribution is 7.09. The minimum atomic E-state index is -2.85. The first kappa shape index (κ1) is 19.8. The standard InChI is InChI=1S/C18H19F2NO4S/c19-18(20)25-14-5-3-13(4-6-14)9-10-21-16(22)12-24-17(23)8-7-15-2-1-11-26-15/h1-6,11,18H,7-10,12H2,(H,21,22). The van der Waals surface area contributed by atoms with Crippen LogP contribution in [0.3, 0.4) is 0 Å². The summed E-state index contributed by atoms with van der Waals surface area (Å²) < 4.78 is 33.3. The zero-order valence-electron chi connectivity index (χ0n) is 14.0. The Labute approximate surface area is 153 Å². The minimum Gasteiger partial charge on any atom is -0.456 e. The van der Waals surface area contributed by atoms with E-state index < -0.39 is 12.6 Å². The van der Waals surface area contributed by atoms with Gasteiger partial charge in [0.1, 0.15) is 5.75 Å². The van der Waals surface area contributed by atoms with Crippen molar-refractivity contribution in [2.24, 2.45) is 0 Å². The van der Waals surface area contributed by atoms with Crippen LogP contribution in [0.15, 0.2) is 41.8 Å². The number of ether oxygens (including phenoxy) is 2. The van der Waals surface area contributed by atoms with Crippen LogP contribution in [-0.4, -0.2) is 31.6 Å². The van der Waals surface area contributed by atoms with E-state index >= 15 is 0 Å². The van der Waals surface area contributed by atoms with Gasteiger partial charge in [0, 0.05) is 11.4 Å². The van der Waals surface area contributed by atoms with Crippen molar-refractivity contribution in [3.8, 4) is 5.75 Å². The molecule has 0 aliphatic heterocycles. The van der Waals surface area contributed by atoms with Crippen LogP contribution in [-0.2, 0) is 27.2 Å². The van der Waals surface area contributed by atoms with Crippen molar-refractivity contribution in [1.82, 2.24) is 5.32 Å². The van der Waals surface area contributed by atoms with Gasteiger partial charge in [-0.05, 0) is 42.0 Å². The van der Waals surface area contributed by atoms with E-state index in [0.717, 1.165) is 10.4 Å². The van der Waals surface area contributed by atoms with Crippen molar-refractivity contribution in [2.45, 2.75) is 25.9 Å². The van der Waals surface area contributed by atoms with E-state index in [4.69, 9.17) is 4.74 Å². The van der Waals surface area contributed by atoms with E-state index in [1.54, 1.807) is 23.5 Å². The van der Waals surface area contributed by atoms with Gasteiger partial charge in [0.2, 0.25) is 0 Å². The van der Waals surface area contributed by atoms with Crippen LogP contribution in [0.2, 0.25) is 0 Å². The molecule has 0 saturated heterocycles. The maximum atomic E-state index is 12.1. The third-order valence-electron chi connectivity index (χ3n) is 3.40. The molecule has 1 amide bonds. The average molecular weight is 383 g/mol. The number of benzene rings is 1. The van der Waals surface area contributed by atoms with Crippen LogP contribution in [0.25, 0.3) is 0 Å². The van der Waals surface area contributed by atoms with Gasteiger partial charge in [-0.15, -0.1) is 11.3 Å². The Morgan fingerprint density at radius 3 is 2.54 bits per heavy atom. The number of esters is 1. The van der Waals surface area contributed by atoms with E-state index in [9.17, 15) is 18.4 Å². The fourth-order valence-electron chi connectivity index (χ4n) is 2.13. The van der Waals surface area contributed by atoms with Crippen molar-refractivity contribution >= 4 is 23.2 Å². The zero-order valence-corrected chi connectivity index (χ0v) is 14.8. The molecule has 0 spiro atoms. The molecule has 0 unspecified atom stereocenters. The highest BCUT2D eigenvalue weighted by atomic mass is 32.1. The summed E-state index contributed by atoms with van der Waals surface area (Å²) in [5.74, 6) is -0.711. The quantitative estimate of drug-likeness (QED) is 0.640. The molecule has 0 saturated carbocycles. The second-order valence-corrected chi connectivity index (χ2v) is 6.39. The normalized spacial score (nSPS) is 10.6. The SMILES string of the molecule is O=C(COC(=O)CCc1cccs1)NCCc1ccc(OC(F)F)cc1. The summed E-state index contributed by atoms with van der Waals surface area (Å²) in [7, 11) is 0. The molecule has 0 bridgehead atoms. The first-order valence-corrected chi connectivity index (χ1v) is 8.89. The topological polar surface area (TPSA) is 64.6 Å². The lowest BCUT2D eigenvalue weighted by atomic mass is 10.1. The number of alkyl halides is 2. The first-order chi connectivity index (χ1) is 12.5. The summed E-state index contributed by atoms with van der Waals surface area (Å²) in [6.45, 7) is -2.82. The molecule has 0 aliphatic carbocycles. The van der Waals surface area contributed by atoms with Crippen molar-refractivity contribution in [2.75, 3.05) is 13.2 Å². The lowest BCUT2D eigenvalue weighted by Gasteiger charge is -2.08. The molecule has 0 radical (unpaired) electrons. The van der Waals surface area contributed by atoms with Crippen LogP contribution in [0, 0.1) is 0 Å². The molecule has 0 aliphatic rings. The fourth-order valence-corrected chi connectivity index (χ4v) is 2.84. The molecular weight excluding hydrogens is 364 g/mol. The number of amides is 1. The molecule has 1 aromatic carbocycles. The summed E-state index contributed by atoms with van der Waals surface area (Å²) in [4.78, 5) is 24.3. The fraction of sp³-hybridized carbons (Fsp3) is 0.333. The monoisotopic (exact) mass is 383 g/mol. The summed E-state index contributed by atoms with van der Waals surface area (Å²) in [6, 6.07) is 10.0. The maximum Gasteiger partial charge on any atom is 0.387 e. The van der Waals surface area contributed by atoms with Gasteiger partial charge in [0.15, 0.2) is 6.61 Å². The third-order valence-corrected chi connectivity index (χ3v) is 4.34. The Morgan fingerprint density at radius 1 is 1.12 bits per heavy atom. The Morgan fingerprint density at radius 2 is 1.88 bits per heavy atom. The number of halogens is 2. The Hall–Kier alpha value is -2.48. The van der Waals surface area contributed by atoms with Crippen LogP contribution in [0.1, 0.15) is 16.9 Å².